The van der Waals surface area contributed by atoms with Crippen LogP contribution in [0.2, 0.25) is 0 Å². The van der Waals surface area contributed by atoms with E-state index in [9.17, 15) is 0 Å². The molecule has 86 valence electrons. The Morgan fingerprint density at radius 1 is 1.40 bits per heavy atom. The Labute approximate surface area is 97.1 Å². The fourth-order valence-corrected chi connectivity index (χ4v) is 2.21. The summed E-state index contributed by atoms with van der Waals surface area (Å²) in [4.78, 5) is 5.57. The maximum atomic E-state index is 4.23. The van der Waals surface area contributed by atoms with E-state index in [4.69, 9.17) is 0 Å². The maximum absolute atomic E-state index is 4.23. The zero-order chi connectivity index (χ0) is 11.3. The van der Waals surface area contributed by atoms with Gasteiger partial charge < -0.3 is 5.32 Å². The maximum Gasteiger partial charge on any atom is 0.0897 e. The molecule has 0 amide bonds. The topological polar surface area (TPSA) is 24.9 Å². The fourth-order valence-electron chi connectivity index (χ4n) is 1.44. The molecule has 0 aromatic carbocycles. The van der Waals surface area contributed by atoms with Gasteiger partial charge in [-0.15, -0.1) is 11.3 Å². The molecule has 0 fully saturated rings. The van der Waals surface area contributed by atoms with Crippen LogP contribution < -0.4 is 5.32 Å². The van der Waals surface area contributed by atoms with Crippen LogP contribution in [0.3, 0.4) is 0 Å². The average molecular weight is 226 g/mol. The van der Waals surface area contributed by atoms with E-state index >= 15 is 0 Å². The normalized spacial score (nSPS) is 12.0. The summed E-state index contributed by atoms with van der Waals surface area (Å²) in [6.45, 7) is 11.0. The third-order valence-electron chi connectivity index (χ3n) is 2.25. The number of hydrogen-bond donors (Lipinski definition) is 1. The van der Waals surface area contributed by atoms with E-state index in [2.05, 4.69) is 31.1 Å². The summed E-state index contributed by atoms with van der Waals surface area (Å²) in [5.74, 6) is 0. The van der Waals surface area contributed by atoms with Crippen molar-refractivity contribution in [2.75, 3.05) is 6.54 Å². The molecule has 0 unspecified atom stereocenters. The van der Waals surface area contributed by atoms with Gasteiger partial charge in [-0.3, -0.25) is 0 Å². The predicted molar refractivity (Wildman–Crippen MR) is 67.2 cm³/mol. The minimum atomic E-state index is 0.461. The van der Waals surface area contributed by atoms with Crippen LogP contribution in [-0.4, -0.2) is 11.5 Å². The first-order chi connectivity index (χ1) is 6.97. The Hall–Kier alpha value is -0.410. The Morgan fingerprint density at radius 3 is 2.67 bits per heavy atom. The van der Waals surface area contributed by atoms with Gasteiger partial charge in [0, 0.05) is 17.6 Å². The van der Waals surface area contributed by atoms with Gasteiger partial charge in [-0.1, -0.05) is 20.8 Å². The first-order valence-corrected chi connectivity index (χ1v) is 6.41. The van der Waals surface area contributed by atoms with E-state index in [1.807, 2.05) is 13.1 Å². The molecule has 1 aromatic heterocycles. The first-order valence-electron chi connectivity index (χ1n) is 5.59. The molecule has 1 rings (SSSR count). The lowest BCUT2D eigenvalue weighted by Crippen LogP contribution is -2.16. The van der Waals surface area contributed by atoms with E-state index in [0.29, 0.717) is 5.41 Å². The van der Waals surface area contributed by atoms with Gasteiger partial charge in [0.05, 0.1) is 5.01 Å². The highest BCUT2D eigenvalue weighted by Crippen LogP contribution is 2.19. The lowest BCUT2D eigenvalue weighted by molar-refractivity contribution is 0.361. The lowest BCUT2D eigenvalue weighted by atomic mass is 9.91. The molecular weight excluding hydrogens is 204 g/mol. The molecule has 15 heavy (non-hydrogen) atoms. The molecule has 0 aliphatic rings. The van der Waals surface area contributed by atoms with Gasteiger partial charge in [0.15, 0.2) is 0 Å². The number of aryl methyl sites for hydroxylation is 1. The summed E-state index contributed by atoms with van der Waals surface area (Å²) in [5.41, 5.74) is 0.461. The molecule has 0 bridgehead atoms. The average Bonchev–Trinajstić information content (AvgIpc) is 2.49. The minimum absolute atomic E-state index is 0.461. The second-order valence-corrected chi connectivity index (χ2v) is 6.51. The van der Waals surface area contributed by atoms with Crippen molar-refractivity contribution in [1.82, 2.24) is 10.3 Å². The van der Waals surface area contributed by atoms with Crippen LogP contribution in [0.5, 0.6) is 0 Å². The number of nitrogens with zero attached hydrogens (tertiary/aromatic N) is 1. The second-order valence-electron chi connectivity index (χ2n) is 5.19. The van der Waals surface area contributed by atoms with Gasteiger partial charge in [-0.05, 0) is 31.7 Å². The summed E-state index contributed by atoms with van der Waals surface area (Å²) in [7, 11) is 0. The molecule has 0 aliphatic carbocycles. The molecule has 0 saturated heterocycles. The summed E-state index contributed by atoms with van der Waals surface area (Å²) in [6.07, 6.45) is 4.50. The molecular formula is C12H22N2S. The van der Waals surface area contributed by atoms with Gasteiger partial charge in [0.25, 0.3) is 0 Å². The largest absolute Gasteiger partial charge is 0.312 e. The van der Waals surface area contributed by atoms with Crippen LogP contribution in [0.4, 0.5) is 0 Å². The number of rotatable bonds is 5. The van der Waals surface area contributed by atoms with Gasteiger partial charge in [0.1, 0.15) is 0 Å². The molecule has 0 aliphatic heterocycles. The van der Waals surface area contributed by atoms with Crippen LogP contribution in [0.25, 0.3) is 0 Å². The summed E-state index contributed by atoms with van der Waals surface area (Å²) >= 11 is 1.78. The molecule has 1 heterocycles. The molecule has 0 spiro atoms. The number of aromatic nitrogens is 1. The molecule has 3 heteroatoms. The van der Waals surface area contributed by atoms with Crippen molar-refractivity contribution in [2.24, 2.45) is 5.41 Å². The summed E-state index contributed by atoms with van der Waals surface area (Å²) < 4.78 is 0. The molecule has 2 nitrogen and oxygen atoms in total. The van der Waals surface area contributed by atoms with Gasteiger partial charge in [-0.25, -0.2) is 4.98 Å². The van der Waals surface area contributed by atoms with E-state index in [1.54, 1.807) is 11.3 Å². The van der Waals surface area contributed by atoms with Crippen LogP contribution in [0, 0.1) is 12.3 Å². The zero-order valence-electron chi connectivity index (χ0n) is 10.3. The Bertz CT molecular complexity index is 286. The quantitative estimate of drug-likeness (QED) is 0.779. The molecule has 1 N–H and O–H groups in total. The van der Waals surface area contributed by atoms with Crippen molar-refractivity contribution in [3.63, 3.8) is 0 Å². The van der Waals surface area contributed by atoms with Crippen molar-refractivity contribution >= 4 is 11.3 Å². The monoisotopic (exact) mass is 226 g/mol. The molecule has 0 radical (unpaired) electrons. The molecule has 0 saturated carbocycles. The van der Waals surface area contributed by atoms with Gasteiger partial charge >= 0.3 is 0 Å². The van der Waals surface area contributed by atoms with Gasteiger partial charge in [0.2, 0.25) is 0 Å². The van der Waals surface area contributed by atoms with Crippen LogP contribution >= 0.6 is 11.3 Å². The summed E-state index contributed by atoms with van der Waals surface area (Å²) in [6, 6.07) is 0. The fraction of sp³-hybridized carbons (Fsp3) is 0.750. The smallest absolute Gasteiger partial charge is 0.0897 e. The van der Waals surface area contributed by atoms with Crippen LogP contribution in [0.15, 0.2) is 6.20 Å². The molecule has 0 atom stereocenters. The summed E-state index contributed by atoms with van der Waals surface area (Å²) in [5, 5.41) is 4.61. The first kappa shape index (κ1) is 12.7. The van der Waals surface area contributed by atoms with E-state index in [0.717, 1.165) is 18.1 Å². The minimum Gasteiger partial charge on any atom is -0.312 e. The SMILES string of the molecule is Cc1ncc(CNCCCC(C)(C)C)s1. The van der Waals surface area contributed by atoms with E-state index in [-0.39, 0.29) is 0 Å². The number of hydrogen-bond acceptors (Lipinski definition) is 3. The number of thiazole rings is 1. The van der Waals surface area contributed by atoms with E-state index in [1.165, 1.54) is 17.7 Å². The van der Waals surface area contributed by atoms with Crippen LogP contribution in [0.1, 0.15) is 43.5 Å². The lowest BCUT2D eigenvalue weighted by Gasteiger charge is -2.17. The highest BCUT2D eigenvalue weighted by atomic mass is 32.1. The van der Waals surface area contributed by atoms with Crippen LogP contribution in [-0.2, 0) is 6.54 Å². The van der Waals surface area contributed by atoms with Gasteiger partial charge in [-0.2, -0.15) is 0 Å². The predicted octanol–water partition coefficient (Wildman–Crippen LogP) is 3.37. The third-order valence-corrected chi connectivity index (χ3v) is 3.16. The highest BCUT2D eigenvalue weighted by molar-refractivity contribution is 7.11. The standard InChI is InChI=1S/C12H22N2S/c1-10-14-9-11(15-10)8-13-7-5-6-12(2,3)4/h9,13H,5-8H2,1-4H3. The van der Waals surface area contributed by atoms with Crippen molar-refractivity contribution in [2.45, 2.75) is 47.1 Å². The van der Waals surface area contributed by atoms with Crippen molar-refractivity contribution in [1.29, 1.82) is 0 Å². The Morgan fingerprint density at radius 2 is 2.13 bits per heavy atom. The number of nitrogens with one attached hydrogen (secondary N) is 1. The van der Waals surface area contributed by atoms with Crippen molar-refractivity contribution in [3.05, 3.63) is 16.1 Å². The highest BCUT2D eigenvalue weighted by Gasteiger charge is 2.08. The molecule has 1 aromatic rings. The Kier molecular flexibility index (Phi) is 4.74. The van der Waals surface area contributed by atoms with E-state index < -0.39 is 0 Å². The Balaban J connectivity index is 2.07. The van der Waals surface area contributed by atoms with Crippen molar-refractivity contribution < 1.29 is 0 Å². The third kappa shape index (κ3) is 5.90. The second kappa shape index (κ2) is 5.61. The van der Waals surface area contributed by atoms with Crippen molar-refractivity contribution in [3.8, 4) is 0 Å². The zero-order valence-corrected chi connectivity index (χ0v) is 11.1.